The van der Waals surface area contributed by atoms with Gasteiger partial charge in [0.25, 0.3) is 0 Å². The van der Waals surface area contributed by atoms with E-state index in [0.717, 1.165) is 22.5 Å². The average Bonchev–Trinajstić information content (AvgIpc) is 2.23. The number of hydrogen-bond donors (Lipinski definition) is 2. The van der Waals surface area contributed by atoms with E-state index in [1.54, 1.807) is 6.92 Å². The zero-order valence-corrected chi connectivity index (χ0v) is 12.0. The number of sulfonamides is 1. The molecule has 0 unspecified atom stereocenters. The van der Waals surface area contributed by atoms with Gasteiger partial charge in [0.05, 0.1) is 11.3 Å². The number of likely N-dealkylation sites (N-methyl/N-ethyl adjacent to an activating group) is 1. The van der Waals surface area contributed by atoms with Crippen molar-refractivity contribution < 1.29 is 17.9 Å². The van der Waals surface area contributed by atoms with Crippen molar-refractivity contribution in [2.24, 2.45) is 0 Å². The van der Waals surface area contributed by atoms with Crippen LogP contribution in [0.4, 0.5) is 10.1 Å². The Labute approximate surface area is 112 Å². The second kappa shape index (κ2) is 5.44. The third kappa shape index (κ3) is 3.89. The van der Waals surface area contributed by atoms with Crippen molar-refractivity contribution in [2.75, 3.05) is 18.8 Å². The van der Waals surface area contributed by atoms with E-state index in [-0.39, 0.29) is 23.7 Å². The van der Waals surface area contributed by atoms with Crippen LogP contribution in [0.15, 0.2) is 23.1 Å². The molecule has 1 aromatic carbocycles. The minimum absolute atomic E-state index is 0.0668. The Bertz CT molecular complexity index is 553. The molecule has 0 spiro atoms. The van der Waals surface area contributed by atoms with Crippen molar-refractivity contribution in [3.63, 3.8) is 0 Å². The number of nitrogen functional groups attached to an aromatic ring is 1. The first-order valence-electron chi connectivity index (χ1n) is 5.85. The molecule has 3 N–H and O–H groups in total. The third-order valence-corrected chi connectivity index (χ3v) is 4.50. The second-order valence-electron chi connectivity index (χ2n) is 4.93. The van der Waals surface area contributed by atoms with E-state index < -0.39 is 21.4 Å². The fourth-order valence-corrected chi connectivity index (χ4v) is 3.39. The van der Waals surface area contributed by atoms with Crippen LogP contribution in [0, 0.1) is 5.82 Å². The first-order valence-corrected chi connectivity index (χ1v) is 7.29. The normalized spacial score (nSPS) is 12.9. The highest BCUT2D eigenvalue weighted by molar-refractivity contribution is 7.89. The maximum atomic E-state index is 13.0. The molecule has 108 valence electrons. The molecule has 5 nitrogen and oxygen atoms in total. The molecule has 0 aromatic heterocycles. The Morgan fingerprint density at radius 3 is 2.42 bits per heavy atom. The molecule has 0 aliphatic carbocycles. The lowest BCUT2D eigenvalue weighted by atomic mass is 10.1. The molecule has 0 fully saturated rings. The van der Waals surface area contributed by atoms with Gasteiger partial charge in [0.1, 0.15) is 10.7 Å². The van der Waals surface area contributed by atoms with Gasteiger partial charge in [0, 0.05) is 13.1 Å². The quantitative estimate of drug-likeness (QED) is 0.798. The maximum Gasteiger partial charge on any atom is 0.245 e. The molecule has 0 radical (unpaired) electrons. The number of hydrogen-bond acceptors (Lipinski definition) is 4. The summed E-state index contributed by atoms with van der Waals surface area (Å²) >= 11 is 0. The van der Waals surface area contributed by atoms with Gasteiger partial charge in [-0.3, -0.25) is 0 Å². The van der Waals surface area contributed by atoms with Crippen molar-refractivity contribution in [3.8, 4) is 0 Å². The fourth-order valence-electron chi connectivity index (χ4n) is 1.69. The van der Waals surface area contributed by atoms with Crippen molar-refractivity contribution in [2.45, 2.75) is 31.3 Å². The zero-order valence-electron chi connectivity index (χ0n) is 11.2. The molecule has 1 rings (SSSR count). The minimum atomic E-state index is -3.85. The summed E-state index contributed by atoms with van der Waals surface area (Å²) in [7, 11) is -3.85. The van der Waals surface area contributed by atoms with Crippen LogP contribution in [-0.4, -0.2) is 36.5 Å². The van der Waals surface area contributed by atoms with E-state index >= 15 is 0 Å². The molecule has 0 heterocycles. The molecule has 1 aromatic rings. The minimum Gasteiger partial charge on any atom is -0.398 e. The summed E-state index contributed by atoms with van der Waals surface area (Å²) in [5, 5.41) is 9.75. The van der Waals surface area contributed by atoms with Crippen LogP contribution < -0.4 is 5.73 Å². The van der Waals surface area contributed by atoms with Crippen LogP contribution in [0.3, 0.4) is 0 Å². The molecule has 19 heavy (non-hydrogen) atoms. The Morgan fingerprint density at radius 1 is 1.42 bits per heavy atom. The molecular weight excluding hydrogens is 271 g/mol. The summed E-state index contributed by atoms with van der Waals surface area (Å²) < 4.78 is 38.8. The van der Waals surface area contributed by atoms with Gasteiger partial charge in [0.2, 0.25) is 10.0 Å². The summed E-state index contributed by atoms with van der Waals surface area (Å²) in [6.45, 7) is 4.80. The summed E-state index contributed by atoms with van der Waals surface area (Å²) in [4.78, 5) is -0.153. The van der Waals surface area contributed by atoms with Gasteiger partial charge in [-0.15, -0.1) is 0 Å². The van der Waals surface area contributed by atoms with Gasteiger partial charge in [-0.2, -0.15) is 4.31 Å². The highest BCUT2D eigenvalue weighted by Gasteiger charge is 2.29. The summed E-state index contributed by atoms with van der Waals surface area (Å²) in [6, 6.07) is 3.14. The lowest BCUT2D eigenvalue weighted by Crippen LogP contribution is -2.42. The fraction of sp³-hybridized carbons (Fsp3) is 0.500. The number of benzene rings is 1. The molecular formula is C12H19FN2O3S. The predicted molar refractivity (Wildman–Crippen MR) is 71.5 cm³/mol. The smallest absolute Gasteiger partial charge is 0.245 e. The second-order valence-corrected chi connectivity index (χ2v) is 6.83. The molecule has 0 saturated heterocycles. The Balaban J connectivity index is 3.21. The van der Waals surface area contributed by atoms with Crippen LogP contribution in [0.25, 0.3) is 0 Å². The topological polar surface area (TPSA) is 83.6 Å². The summed E-state index contributed by atoms with van der Waals surface area (Å²) in [6.07, 6.45) is 0. The van der Waals surface area contributed by atoms with E-state index in [1.807, 2.05) is 0 Å². The third-order valence-electron chi connectivity index (χ3n) is 2.51. The maximum absolute atomic E-state index is 13.0. The van der Waals surface area contributed by atoms with Crippen molar-refractivity contribution >= 4 is 15.7 Å². The number of nitrogens with two attached hydrogens (primary N) is 1. The Kier molecular flexibility index (Phi) is 4.54. The number of rotatable bonds is 5. The molecule has 0 aliphatic rings. The highest BCUT2D eigenvalue weighted by atomic mass is 32.2. The van der Waals surface area contributed by atoms with Gasteiger partial charge in [-0.1, -0.05) is 6.92 Å². The van der Waals surface area contributed by atoms with E-state index in [0.29, 0.717) is 0 Å². The Morgan fingerprint density at radius 2 is 2.00 bits per heavy atom. The standard InChI is InChI=1S/C12H19FN2O3S/c1-4-15(8-12(2,3)16)19(17,18)11-6-5-9(13)7-10(11)14/h5-7,16H,4,8,14H2,1-3H3. The van der Waals surface area contributed by atoms with Crippen molar-refractivity contribution in [1.29, 1.82) is 0 Å². The van der Waals surface area contributed by atoms with Crippen LogP contribution in [-0.2, 0) is 10.0 Å². The highest BCUT2D eigenvalue weighted by Crippen LogP contribution is 2.24. The molecule has 0 amide bonds. The largest absolute Gasteiger partial charge is 0.398 e. The van der Waals surface area contributed by atoms with Crippen LogP contribution in [0.1, 0.15) is 20.8 Å². The van der Waals surface area contributed by atoms with Crippen LogP contribution >= 0.6 is 0 Å². The van der Waals surface area contributed by atoms with E-state index in [4.69, 9.17) is 5.73 Å². The van der Waals surface area contributed by atoms with Gasteiger partial charge in [-0.25, -0.2) is 12.8 Å². The lowest BCUT2D eigenvalue weighted by molar-refractivity contribution is 0.0601. The van der Waals surface area contributed by atoms with Gasteiger partial charge in [-0.05, 0) is 32.0 Å². The molecule has 0 aliphatic heterocycles. The van der Waals surface area contributed by atoms with Crippen LogP contribution in [0.2, 0.25) is 0 Å². The molecule has 0 atom stereocenters. The number of anilines is 1. The van der Waals surface area contributed by atoms with E-state index in [1.165, 1.54) is 13.8 Å². The first-order chi connectivity index (χ1) is 8.58. The average molecular weight is 290 g/mol. The zero-order chi connectivity index (χ0) is 14.8. The summed E-state index contributed by atoms with van der Waals surface area (Å²) in [5.74, 6) is -0.595. The Hall–Kier alpha value is -1.18. The monoisotopic (exact) mass is 290 g/mol. The summed E-state index contributed by atoms with van der Waals surface area (Å²) in [5.41, 5.74) is 4.24. The SMILES string of the molecule is CCN(CC(C)(C)O)S(=O)(=O)c1ccc(F)cc1N. The van der Waals surface area contributed by atoms with Gasteiger partial charge in [0.15, 0.2) is 0 Å². The van der Waals surface area contributed by atoms with Crippen LogP contribution in [0.5, 0.6) is 0 Å². The lowest BCUT2D eigenvalue weighted by Gasteiger charge is -2.27. The first kappa shape index (κ1) is 15.9. The van der Waals surface area contributed by atoms with Gasteiger partial charge >= 0.3 is 0 Å². The molecule has 0 bridgehead atoms. The molecule has 0 saturated carbocycles. The molecule has 7 heteroatoms. The number of nitrogens with zero attached hydrogens (tertiary/aromatic N) is 1. The predicted octanol–water partition coefficient (Wildman–Crippen LogP) is 1.19. The van der Waals surface area contributed by atoms with Crippen molar-refractivity contribution in [3.05, 3.63) is 24.0 Å². The number of halogens is 1. The van der Waals surface area contributed by atoms with Gasteiger partial charge < -0.3 is 10.8 Å². The van der Waals surface area contributed by atoms with Crippen molar-refractivity contribution in [1.82, 2.24) is 4.31 Å². The van der Waals surface area contributed by atoms with E-state index in [2.05, 4.69) is 0 Å². The number of aliphatic hydroxyl groups is 1. The van der Waals surface area contributed by atoms with E-state index in [9.17, 15) is 17.9 Å².